The molecule has 34 heavy (non-hydrogen) atoms. The van der Waals surface area contributed by atoms with E-state index in [2.05, 4.69) is 26.2 Å². The molecule has 9 heteroatoms. The zero-order chi connectivity index (χ0) is 23.9. The molecule has 0 aliphatic heterocycles. The van der Waals surface area contributed by atoms with E-state index in [1.165, 1.54) is 19.0 Å². The van der Waals surface area contributed by atoms with Crippen LogP contribution in [0, 0.1) is 6.92 Å². The number of aromatic nitrogens is 3. The predicted molar refractivity (Wildman–Crippen MR) is 128 cm³/mol. The molecule has 0 atom stereocenters. The normalized spacial score (nSPS) is 10.8. The molecular formula is C25H26N6O3. The highest BCUT2D eigenvalue weighted by Crippen LogP contribution is 2.19. The van der Waals surface area contributed by atoms with E-state index in [0.717, 1.165) is 28.9 Å². The summed E-state index contributed by atoms with van der Waals surface area (Å²) in [6.07, 6.45) is 3.91. The number of carbonyl (C=O) groups is 2. The number of hydrogen-bond donors (Lipinski definition) is 3. The van der Waals surface area contributed by atoms with Gasteiger partial charge in [0.25, 0.3) is 11.8 Å². The molecule has 4 aromatic rings. The van der Waals surface area contributed by atoms with Gasteiger partial charge >= 0.3 is 0 Å². The van der Waals surface area contributed by atoms with E-state index in [-0.39, 0.29) is 11.8 Å². The van der Waals surface area contributed by atoms with Gasteiger partial charge < -0.3 is 10.6 Å². The number of amides is 2. The maximum atomic E-state index is 12.7. The Labute approximate surface area is 197 Å². The number of nitrogens with one attached hydrogen (secondary N) is 3. The lowest BCUT2D eigenvalue weighted by Crippen LogP contribution is -2.25. The molecule has 0 radical (unpaired) electrons. The standard InChI is InChI=1S/C25H26N6O3/c1-17-8-9-19(25(33)30-34-2)12-21(17)27-14-22-23-13-20(15-31(23)29-16-28-22)24(32)26-11-10-18-6-4-3-5-7-18/h3-9,12-13,15-16,27H,10-11,14H2,1-2H3,(H,26,32)(H,30,33). The average Bonchev–Trinajstić information content (AvgIpc) is 3.29. The van der Waals surface area contributed by atoms with E-state index in [1.807, 2.05) is 43.3 Å². The Hall–Kier alpha value is -4.24. The molecule has 2 aromatic carbocycles. The van der Waals surface area contributed by atoms with E-state index < -0.39 is 0 Å². The number of fused-ring (bicyclic) bond motifs is 1. The van der Waals surface area contributed by atoms with Crippen LogP contribution in [0.3, 0.4) is 0 Å². The van der Waals surface area contributed by atoms with Gasteiger partial charge in [-0.3, -0.25) is 14.4 Å². The van der Waals surface area contributed by atoms with E-state index in [0.29, 0.717) is 24.2 Å². The van der Waals surface area contributed by atoms with Crippen molar-refractivity contribution in [1.29, 1.82) is 0 Å². The van der Waals surface area contributed by atoms with Crippen LogP contribution in [0.4, 0.5) is 5.69 Å². The minimum absolute atomic E-state index is 0.159. The summed E-state index contributed by atoms with van der Waals surface area (Å²) in [6.45, 7) is 2.88. The maximum Gasteiger partial charge on any atom is 0.274 e. The molecular weight excluding hydrogens is 432 g/mol. The fraction of sp³-hybridized carbons (Fsp3) is 0.200. The molecule has 0 spiro atoms. The highest BCUT2D eigenvalue weighted by molar-refractivity contribution is 5.96. The Balaban J connectivity index is 1.44. The third kappa shape index (κ3) is 5.38. The first-order valence-electron chi connectivity index (χ1n) is 10.9. The molecule has 0 saturated heterocycles. The van der Waals surface area contributed by atoms with Crippen LogP contribution < -0.4 is 16.1 Å². The molecule has 2 aromatic heterocycles. The Morgan fingerprint density at radius 2 is 1.85 bits per heavy atom. The van der Waals surface area contributed by atoms with Crippen LogP contribution in [-0.2, 0) is 17.8 Å². The number of aryl methyl sites for hydroxylation is 1. The largest absolute Gasteiger partial charge is 0.379 e. The number of anilines is 1. The van der Waals surface area contributed by atoms with Crippen LogP contribution in [0.15, 0.2) is 67.1 Å². The highest BCUT2D eigenvalue weighted by Gasteiger charge is 2.13. The summed E-state index contributed by atoms with van der Waals surface area (Å²) in [6, 6.07) is 17.1. The number of carbonyl (C=O) groups excluding carboxylic acids is 2. The lowest BCUT2D eigenvalue weighted by molar-refractivity contribution is 0.0537. The second kappa shape index (κ2) is 10.6. The molecule has 0 saturated carbocycles. The first-order valence-corrected chi connectivity index (χ1v) is 10.9. The van der Waals surface area contributed by atoms with Crippen molar-refractivity contribution in [1.82, 2.24) is 25.4 Å². The van der Waals surface area contributed by atoms with Crippen molar-refractivity contribution in [3.63, 3.8) is 0 Å². The van der Waals surface area contributed by atoms with Crippen molar-refractivity contribution >= 4 is 23.0 Å². The van der Waals surface area contributed by atoms with Crippen LogP contribution in [0.5, 0.6) is 0 Å². The molecule has 0 unspecified atom stereocenters. The SMILES string of the molecule is CONC(=O)c1ccc(C)c(NCc2ncnn3cc(C(=O)NCCc4ccccc4)cc23)c1. The lowest BCUT2D eigenvalue weighted by Gasteiger charge is -2.11. The predicted octanol–water partition coefficient (Wildman–Crippen LogP) is 2.91. The van der Waals surface area contributed by atoms with Crippen LogP contribution in [-0.4, -0.2) is 40.1 Å². The molecule has 0 aliphatic rings. The first kappa shape index (κ1) is 22.9. The van der Waals surface area contributed by atoms with Crippen molar-refractivity contribution in [2.75, 3.05) is 19.0 Å². The van der Waals surface area contributed by atoms with Crippen molar-refractivity contribution in [3.8, 4) is 0 Å². The molecule has 0 aliphatic carbocycles. The third-order valence-corrected chi connectivity index (χ3v) is 5.43. The summed E-state index contributed by atoms with van der Waals surface area (Å²) in [5.74, 6) is -0.488. The van der Waals surface area contributed by atoms with E-state index in [4.69, 9.17) is 4.84 Å². The summed E-state index contributed by atoms with van der Waals surface area (Å²) < 4.78 is 1.64. The van der Waals surface area contributed by atoms with Crippen LogP contribution >= 0.6 is 0 Å². The summed E-state index contributed by atoms with van der Waals surface area (Å²) in [4.78, 5) is 33.8. The van der Waals surface area contributed by atoms with Crippen molar-refractivity contribution in [2.45, 2.75) is 19.9 Å². The lowest BCUT2D eigenvalue weighted by atomic mass is 10.1. The quantitative estimate of drug-likeness (QED) is 0.333. The van der Waals surface area contributed by atoms with E-state index in [1.54, 1.807) is 28.9 Å². The van der Waals surface area contributed by atoms with Crippen LogP contribution in [0.25, 0.3) is 5.52 Å². The molecule has 174 valence electrons. The second-order valence-corrected chi connectivity index (χ2v) is 7.78. The molecule has 9 nitrogen and oxygen atoms in total. The van der Waals surface area contributed by atoms with Gasteiger partial charge in [0.2, 0.25) is 0 Å². The van der Waals surface area contributed by atoms with Crippen molar-refractivity contribution < 1.29 is 14.4 Å². The molecule has 0 fully saturated rings. The Morgan fingerprint density at radius 1 is 1.03 bits per heavy atom. The number of benzene rings is 2. The molecule has 0 bridgehead atoms. The number of nitrogens with zero attached hydrogens (tertiary/aromatic N) is 3. The number of rotatable bonds is 9. The summed E-state index contributed by atoms with van der Waals surface area (Å²) in [5, 5.41) is 10.5. The zero-order valence-corrected chi connectivity index (χ0v) is 19.0. The Bertz CT molecular complexity index is 1300. The maximum absolute atomic E-state index is 12.7. The van der Waals surface area contributed by atoms with Crippen molar-refractivity contribution in [2.24, 2.45) is 0 Å². The average molecular weight is 459 g/mol. The smallest absolute Gasteiger partial charge is 0.274 e. The zero-order valence-electron chi connectivity index (χ0n) is 19.0. The number of hydroxylamine groups is 1. The molecule has 3 N–H and O–H groups in total. The summed E-state index contributed by atoms with van der Waals surface area (Å²) in [7, 11) is 1.39. The van der Waals surface area contributed by atoms with Gasteiger partial charge in [-0.15, -0.1) is 0 Å². The summed E-state index contributed by atoms with van der Waals surface area (Å²) >= 11 is 0. The molecule has 2 amide bonds. The minimum atomic E-state index is -0.329. The monoisotopic (exact) mass is 458 g/mol. The van der Waals surface area contributed by atoms with Gasteiger partial charge in [-0.1, -0.05) is 36.4 Å². The highest BCUT2D eigenvalue weighted by atomic mass is 16.6. The minimum Gasteiger partial charge on any atom is -0.379 e. The van der Waals surface area contributed by atoms with E-state index in [9.17, 15) is 9.59 Å². The Kier molecular flexibility index (Phi) is 7.14. The Morgan fingerprint density at radius 3 is 2.65 bits per heavy atom. The fourth-order valence-electron chi connectivity index (χ4n) is 3.59. The van der Waals surface area contributed by atoms with Gasteiger partial charge in [-0.2, -0.15) is 5.10 Å². The van der Waals surface area contributed by atoms with Crippen LogP contribution in [0.2, 0.25) is 0 Å². The van der Waals surface area contributed by atoms with Gasteiger partial charge in [0.05, 0.1) is 30.4 Å². The van der Waals surface area contributed by atoms with Gasteiger partial charge in [0.1, 0.15) is 6.33 Å². The van der Waals surface area contributed by atoms with E-state index >= 15 is 0 Å². The second-order valence-electron chi connectivity index (χ2n) is 7.78. The summed E-state index contributed by atoms with van der Waals surface area (Å²) in [5.41, 5.74) is 7.71. The van der Waals surface area contributed by atoms with Gasteiger partial charge in [0.15, 0.2) is 0 Å². The molecule has 2 heterocycles. The number of hydrogen-bond acceptors (Lipinski definition) is 6. The van der Waals surface area contributed by atoms with Crippen LogP contribution in [0.1, 0.15) is 37.5 Å². The van der Waals surface area contributed by atoms with Crippen molar-refractivity contribution in [3.05, 3.63) is 95.1 Å². The first-order chi connectivity index (χ1) is 16.5. The fourth-order valence-corrected chi connectivity index (χ4v) is 3.59. The van der Waals surface area contributed by atoms with Gasteiger partial charge in [-0.05, 0) is 42.7 Å². The third-order valence-electron chi connectivity index (χ3n) is 5.43. The van der Waals surface area contributed by atoms with Gasteiger partial charge in [-0.25, -0.2) is 15.0 Å². The van der Waals surface area contributed by atoms with Gasteiger partial charge in [0, 0.05) is 24.0 Å². The molecule has 4 rings (SSSR count). The topological polar surface area (TPSA) is 110 Å².